The predicted molar refractivity (Wildman–Crippen MR) is 99.4 cm³/mol. The summed E-state index contributed by atoms with van der Waals surface area (Å²) in [5.74, 6) is 0.0439. The van der Waals surface area contributed by atoms with E-state index in [1.165, 1.54) is 35.9 Å². The molecule has 3 aromatic rings. The molecule has 2 heterocycles. The summed E-state index contributed by atoms with van der Waals surface area (Å²) in [6.45, 7) is 4.08. The molecule has 1 amide bonds. The van der Waals surface area contributed by atoms with E-state index in [-0.39, 0.29) is 22.3 Å². The number of carbonyl (C=O) groups excluding carboxylic acids is 1. The van der Waals surface area contributed by atoms with Crippen LogP contribution in [0.25, 0.3) is 10.2 Å². The van der Waals surface area contributed by atoms with E-state index in [4.69, 9.17) is 16.3 Å². The van der Waals surface area contributed by atoms with Crippen LogP contribution in [0.4, 0.5) is 11.4 Å². The van der Waals surface area contributed by atoms with Gasteiger partial charge in [0.15, 0.2) is 0 Å². The third-order valence-electron chi connectivity index (χ3n) is 3.59. The van der Waals surface area contributed by atoms with Crippen molar-refractivity contribution >= 4 is 50.4 Å². The average Bonchev–Trinajstić information content (AvgIpc) is 2.95. The number of carbonyl (C=O) groups is 1. The Morgan fingerprint density at radius 1 is 1.42 bits per heavy atom. The highest BCUT2D eigenvalue weighted by Crippen LogP contribution is 2.35. The largest absolute Gasteiger partial charge is 0.477 e. The number of thiophene rings is 1. The molecule has 26 heavy (non-hydrogen) atoms. The summed E-state index contributed by atoms with van der Waals surface area (Å²) >= 11 is 7.24. The number of ether oxygens (including phenoxy) is 1. The SMILES string of the molecule is CCOc1ncnc2sc(C(=O)Nc3ccc([N+](=O)[O-])cc3Cl)c(C)c12. The number of nitrogens with zero attached hydrogens (tertiary/aromatic N) is 3. The highest BCUT2D eigenvalue weighted by molar-refractivity contribution is 7.20. The Bertz CT molecular complexity index is 1020. The van der Waals surface area contributed by atoms with Gasteiger partial charge >= 0.3 is 0 Å². The smallest absolute Gasteiger partial charge is 0.271 e. The molecule has 1 N–H and O–H groups in total. The molecule has 3 rings (SSSR count). The fourth-order valence-corrected chi connectivity index (χ4v) is 3.66. The van der Waals surface area contributed by atoms with Crippen LogP contribution in [0, 0.1) is 17.0 Å². The van der Waals surface area contributed by atoms with Gasteiger partial charge in [0.05, 0.1) is 32.5 Å². The van der Waals surface area contributed by atoms with E-state index in [2.05, 4.69) is 15.3 Å². The Balaban J connectivity index is 1.95. The fourth-order valence-electron chi connectivity index (χ4n) is 2.40. The quantitative estimate of drug-likeness (QED) is 0.514. The van der Waals surface area contributed by atoms with Crippen molar-refractivity contribution in [2.45, 2.75) is 13.8 Å². The number of aromatic nitrogens is 2. The maximum atomic E-state index is 12.7. The van der Waals surface area contributed by atoms with Gasteiger partial charge in [-0.15, -0.1) is 11.3 Å². The zero-order chi connectivity index (χ0) is 18.8. The van der Waals surface area contributed by atoms with E-state index in [0.29, 0.717) is 33.1 Å². The second kappa shape index (κ2) is 7.22. The first-order valence-corrected chi connectivity index (χ1v) is 8.74. The lowest BCUT2D eigenvalue weighted by molar-refractivity contribution is -0.384. The van der Waals surface area contributed by atoms with Crippen molar-refractivity contribution in [3.8, 4) is 5.88 Å². The molecule has 0 saturated carbocycles. The minimum atomic E-state index is -0.554. The van der Waals surface area contributed by atoms with Crippen molar-refractivity contribution < 1.29 is 14.5 Å². The van der Waals surface area contributed by atoms with Gasteiger partial charge in [0.25, 0.3) is 11.6 Å². The second-order valence-corrected chi connectivity index (χ2v) is 6.63. The normalized spacial score (nSPS) is 10.7. The molecule has 2 aromatic heterocycles. The summed E-state index contributed by atoms with van der Waals surface area (Å²) in [5, 5.41) is 14.2. The van der Waals surface area contributed by atoms with Crippen molar-refractivity contribution in [2.75, 3.05) is 11.9 Å². The molecule has 0 spiro atoms. The molecule has 0 radical (unpaired) electrons. The van der Waals surface area contributed by atoms with Gasteiger partial charge in [0.2, 0.25) is 5.88 Å². The Morgan fingerprint density at radius 2 is 2.19 bits per heavy atom. The monoisotopic (exact) mass is 392 g/mol. The molecule has 0 aliphatic carbocycles. The number of halogens is 1. The Kier molecular flexibility index (Phi) is 5.01. The van der Waals surface area contributed by atoms with Gasteiger partial charge in [0.1, 0.15) is 11.2 Å². The molecule has 0 fully saturated rings. The first kappa shape index (κ1) is 18.0. The van der Waals surface area contributed by atoms with Crippen LogP contribution in [-0.4, -0.2) is 27.4 Å². The van der Waals surface area contributed by atoms with Crippen LogP contribution in [0.3, 0.4) is 0 Å². The number of hydrogen-bond acceptors (Lipinski definition) is 7. The number of anilines is 1. The fraction of sp³-hybridized carbons (Fsp3) is 0.188. The van der Waals surface area contributed by atoms with Crippen LogP contribution in [0.1, 0.15) is 22.2 Å². The zero-order valence-electron chi connectivity index (χ0n) is 13.8. The summed E-state index contributed by atoms with van der Waals surface area (Å²) in [6.07, 6.45) is 1.39. The molecule has 134 valence electrons. The van der Waals surface area contributed by atoms with E-state index in [9.17, 15) is 14.9 Å². The third kappa shape index (κ3) is 3.31. The number of nitrogens with one attached hydrogen (secondary N) is 1. The first-order chi connectivity index (χ1) is 12.4. The summed E-state index contributed by atoms with van der Waals surface area (Å²) in [7, 11) is 0. The standard InChI is InChI=1S/C16H13ClN4O4S/c1-3-25-15-12-8(2)13(26-16(12)19-7-18-15)14(22)20-11-5-4-9(21(23)24)6-10(11)17/h4-7H,3H2,1-2H3,(H,20,22). The maximum Gasteiger partial charge on any atom is 0.271 e. The number of amides is 1. The first-order valence-electron chi connectivity index (χ1n) is 7.54. The van der Waals surface area contributed by atoms with Gasteiger partial charge in [-0.1, -0.05) is 11.6 Å². The van der Waals surface area contributed by atoms with Gasteiger partial charge in [-0.25, -0.2) is 9.97 Å². The molecule has 0 bridgehead atoms. The molecule has 0 atom stereocenters. The highest BCUT2D eigenvalue weighted by Gasteiger charge is 2.21. The van der Waals surface area contributed by atoms with Crippen LogP contribution in [0.2, 0.25) is 5.02 Å². The minimum absolute atomic E-state index is 0.0844. The van der Waals surface area contributed by atoms with Gasteiger partial charge in [-0.3, -0.25) is 14.9 Å². The van der Waals surface area contributed by atoms with Crippen LogP contribution in [-0.2, 0) is 0 Å². The van der Waals surface area contributed by atoms with Gasteiger partial charge < -0.3 is 10.1 Å². The van der Waals surface area contributed by atoms with E-state index >= 15 is 0 Å². The molecular weight excluding hydrogens is 380 g/mol. The lowest BCUT2D eigenvalue weighted by Crippen LogP contribution is -2.11. The number of nitro benzene ring substituents is 1. The summed E-state index contributed by atoms with van der Waals surface area (Å²) in [4.78, 5) is 32.3. The number of fused-ring (bicyclic) bond motifs is 1. The topological polar surface area (TPSA) is 107 Å². The molecule has 0 unspecified atom stereocenters. The van der Waals surface area contributed by atoms with Crippen molar-refractivity contribution in [3.63, 3.8) is 0 Å². The number of benzene rings is 1. The lowest BCUT2D eigenvalue weighted by Gasteiger charge is -2.07. The van der Waals surface area contributed by atoms with E-state index in [1.54, 1.807) is 6.92 Å². The summed E-state index contributed by atoms with van der Waals surface area (Å²) in [5.41, 5.74) is 0.836. The minimum Gasteiger partial charge on any atom is -0.477 e. The maximum absolute atomic E-state index is 12.7. The number of hydrogen-bond donors (Lipinski definition) is 1. The number of non-ortho nitro benzene ring substituents is 1. The lowest BCUT2D eigenvalue weighted by atomic mass is 10.2. The highest BCUT2D eigenvalue weighted by atomic mass is 35.5. The zero-order valence-corrected chi connectivity index (χ0v) is 15.3. The van der Waals surface area contributed by atoms with Crippen LogP contribution < -0.4 is 10.1 Å². The molecule has 8 nitrogen and oxygen atoms in total. The Labute approximate surface area is 156 Å². The third-order valence-corrected chi connectivity index (χ3v) is 5.10. The Hall–Kier alpha value is -2.78. The van der Waals surface area contributed by atoms with Gasteiger partial charge in [0, 0.05) is 12.1 Å². The van der Waals surface area contributed by atoms with Crippen LogP contribution in [0.15, 0.2) is 24.5 Å². The number of aryl methyl sites for hydroxylation is 1. The number of nitro groups is 1. The predicted octanol–water partition coefficient (Wildman–Crippen LogP) is 4.21. The molecule has 0 saturated heterocycles. The summed E-state index contributed by atoms with van der Waals surface area (Å²) < 4.78 is 5.50. The Morgan fingerprint density at radius 3 is 2.85 bits per heavy atom. The van der Waals surface area contributed by atoms with Crippen LogP contribution in [0.5, 0.6) is 5.88 Å². The van der Waals surface area contributed by atoms with E-state index in [0.717, 1.165) is 0 Å². The molecule has 10 heteroatoms. The molecule has 1 aromatic carbocycles. The van der Waals surface area contributed by atoms with Gasteiger partial charge in [-0.05, 0) is 25.5 Å². The molecule has 0 aliphatic rings. The van der Waals surface area contributed by atoms with Crippen molar-refractivity contribution in [2.24, 2.45) is 0 Å². The van der Waals surface area contributed by atoms with Gasteiger partial charge in [-0.2, -0.15) is 0 Å². The van der Waals surface area contributed by atoms with Crippen molar-refractivity contribution in [1.82, 2.24) is 9.97 Å². The van der Waals surface area contributed by atoms with Crippen molar-refractivity contribution in [3.05, 3.63) is 50.1 Å². The number of rotatable bonds is 5. The van der Waals surface area contributed by atoms with Crippen molar-refractivity contribution in [1.29, 1.82) is 0 Å². The van der Waals surface area contributed by atoms with E-state index < -0.39 is 4.92 Å². The van der Waals surface area contributed by atoms with E-state index in [1.807, 2.05) is 6.92 Å². The summed E-state index contributed by atoms with van der Waals surface area (Å²) in [6, 6.07) is 3.86. The molecule has 0 aliphatic heterocycles. The average molecular weight is 393 g/mol. The second-order valence-electron chi connectivity index (χ2n) is 5.22. The van der Waals surface area contributed by atoms with Crippen LogP contribution >= 0.6 is 22.9 Å². The molecular formula is C16H13ClN4O4S.